The molecule has 2 amide bonds. The summed E-state index contributed by atoms with van der Waals surface area (Å²) < 4.78 is 0. The lowest BCUT2D eigenvalue weighted by Crippen LogP contribution is -2.40. The van der Waals surface area contributed by atoms with Gasteiger partial charge in [0.05, 0.1) is 0 Å². The lowest BCUT2D eigenvalue weighted by atomic mass is 10.2. The molecule has 1 aliphatic rings. The summed E-state index contributed by atoms with van der Waals surface area (Å²) in [5.74, 6) is -1.36. The smallest absolute Gasteiger partial charge is 0.326 e. The highest BCUT2D eigenvalue weighted by molar-refractivity contribution is 5.87. The van der Waals surface area contributed by atoms with Crippen LogP contribution in [0.2, 0.25) is 0 Å². The van der Waals surface area contributed by atoms with Gasteiger partial charge in [0.1, 0.15) is 6.04 Å². The van der Waals surface area contributed by atoms with Crippen molar-refractivity contribution in [3.63, 3.8) is 0 Å². The average Bonchev–Trinajstić information content (AvgIpc) is 2.82. The van der Waals surface area contributed by atoms with Crippen molar-refractivity contribution in [2.75, 3.05) is 13.1 Å². The molecule has 0 saturated carbocycles. The number of nitrogens with zero attached hydrogens (tertiary/aromatic N) is 1. The summed E-state index contributed by atoms with van der Waals surface area (Å²) in [6.07, 6.45) is 2.28. The van der Waals surface area contributed by atoms with Gasteiger partial charge in [-0.05, 0) is 19.3 Å². The number of carbonyl (C=O) groups excluding carboxylic acids is 2. The first-order valence-corrected chi connectivity index (χ1v) is 6.35. The van der Waals surface area contributed by atoms with Gasteiger partial charge < -0.3 is 15.3 Å². The van der Waals surface area contributed by atoms with Crippen LogP contribution in [0.4, 0.5) is 0 Å². The van der Waals surface area contributed by atoms with E-state index in [-0.39, 0.29) is 24.7 Å². The van der Waals surface area contributed by atoms with E-state index in [0.29, 0.717) is 25.9 Å². The number of nitrogens with one attached hydrogen (secondary N) is 1. The molecule has 1 aliphatic heterocycles. The lowest BCUT2D eigenvalue weighted by molar-refractivity contribution is -0.148. The van der Waals surface area contributed by atoms with Crippen LogP contribution in [-0.4, -0.2) is 46.9 Å². The minimum Gasteiger partial charge on any atom is -0.480 e. The van der Waals surface area contributed by atoms with Crippen molar-refractivity contribution in [1.82, 2.24) is 10.2 Å². The summed E-state index contributed by atoms with van der Waals surface area (Å²) >= 11 is 0. The molecule has 6 heteroatoms. The van der Waals surface area contributed by atoms with Crippen LogP contribution in [0, 0.1) is 0 Å². The summed E-state index contributed by atoms with van der Waals surface area (Å²) in [6, 6.07) is -0.712. The Kier molecular flexibility index (Phi) is 5.61. The second-order valence-electron chi connectivity index (χ2n) is 4.43. The third-order valence-corrected chi connectivity index (χ3v) is 3.00. The summed E-state index contributed by atoms with van der Waals surface area (Å²) in [5, 5.41) is 11.6. The largest absolute Gasteiger partial charge is 0.480 e. The zero-order chi connectivity index (χ0) is 13.5. The molecule has 1 atom stereocenters. The zero-order valence-corrected chi connectivity index (χ0v) is 10.6. The quantitative estimate of drug-likeness (QED) is 0.718. The fourth-order valence-electron chi connectivity index (χ4n) is 2.04. The van der Waals surface area contributed by atoms with Gasteiger partial charge in [-0.1, -0.05) is 6.92 Å². The second-order valence-corrected chi connectivity index (χ2v) is 4.43. The minimum absolute atomic E-state index is 0.0827. The van der Waals surface area contributed by atoms with Crippen molar-refractivity contribution in [2.45, 2.75) is 45.1 Å². The van der Waals surface area contributed by atoms with Crippen molar-refractivity contribution in [3.8, 4) is 0 Å². The van der Waals surface area contributed by atoms with Crippen LogP contribution in [0.1, 0.15) is 39.0 Å². The maximum atomic E-state index is 11.8. The second kappa shape index (κ2) is 6.98. The molecule has 0 bridgehead atoms. The first-order chi connectivity index (χ1) is 8.56. The fourth-order valence-corrected chi connectivity index (χ4v) is 2.04. The number of amides is 2. The van der Waals surface area contributed by atoms with Gasteiger partial charge in [0.2, 0.25) is 11.8 Å². The lowest BCUT2D eigenvalue weighted by Gasteiger charge is -2.21. The van der Waals surface area contributed by atoms with Crippen molar-refractivity contribution in [1.29, 1.82) is 0 Å². The fraction of sp³-hybridized carbons (Fsp3) is 0.750. The Morgan fingerprint density at radius 3 is 2.67 bits per heavy atom. The Bertz CT molecular complexity index is 330. The van der Waals surface area contributed by atoms with Gasteiger partial charge in [-0.3, -0.25) is 9.59 Å². The monoisotopic (exact) mass is 256 g/mol. The molecule has 102 valence electrons. The highest BCUT2D eigenvalue weighted by Crippen LogP contribution is 2.18. The van der Waals surface area contributed by atoms with Crippen LogP contribution in [0.3, 0.4) is 0 Å². The number of likely N-dealkylation sites (tertiary alicyclic amines) is 1. The molecular formula is C12H20N2O4. The zero-order valence-electron chi connectivity index (χ0n) is 10.6. The Morgan fingerprint density at radius 1 is 1.33 bits per heavy atom. The predicted octanol–water partition coefficient (Wildman–Crippen LogP) is 0.368. The summed E-state index contributed by atoms with van der Waals surface area (Å²) in [6.45, 7) is 3.04. The van der Waals surface area contributed by atoms with E-state index >= 15 is 0 Å². The number of carboxylic acid groups (broad SMARTS) is 1. The topological polar surface area (TPSA) is 86.7 Å². The Hall–Kier alpha value is -1.59. The molecule has 0 spiro atoms. The first-order valence-electron chi connectivity index (χ1n) is 6.35. The van der Waals surface area contributed by atoms with Gasteiger partial charge in [-0.2, -0.15) is 0 Å². The molecule has 6 nitrogen and oxygen atoms in total. The Labute approximate surface area is 106 Å². The highest BCUT2D eigenvalue weighted by Gasteiger charge is 2.33. The number of hydrogen-bond acceptors (Lipinski definition) is 3. The van der Waals surface area contributed by atoms with Crippen molar-refractivity contribution in [3.05, 3.63) is 0 Å². The van der Waals surface area contributed by atoms with Gasteiger partial charge >= 0.3 is 5.97 Å². The minimum atomic E-state index is -0.962. The van der Waals surface area contributed by atoms with Crippen molar-refractivity contribution in [2.24, 2.45) is 0 Å². The number of carbonyl (C=O) groups is 3. The molecular weight excluding hydrogens is 236 g/mol. The van der Waals surface area contributed by atoms with E-state index in [1.165, 1.54) is 4.90 Å². The third-order valence-electron chi connectivity index (χ3n) is 3.00. The number of hydrogen-bond donors (Lipinski definition) is 2. The molecule has 2 N–H and O–H groups in total. The van der Waals surface area contributed by atoms with E-state index in [0.717, 1.165) is 6.42 Å². The molecule has 18 heavy (non-hydrogen) atoms. The number of carboxylic acids is 1. The van der Waals surface area contributed by atoms with E-state index in [1.54, 1.807) is 0 Å². The van der Waals surface area contributed by atoms with E-state index in [9.17, 15) is 14.4 Å². The maximum absolute atomic E-state index is 11.8. The Morgan fingerprint density at radius 2 is 2.06 bits per heavy atom. The molecule has 1 heterocycles. The van der Waals surface area contributed by atoms with Crippen LogP contribution in [0.5, 0.6) is 0 Å². The van der Waals surface area contributed by atoms with Gasteiger partial charge in [-0.15, -0.1) is 0 Å². The maximum Gasteiger partial charge on any atom is 0.326 e. The van der Waals surface area contributed by atoms with E-state index < -0.39 is 12.0 Å². The van der Waals surface area contributed by atoms with Gasteiger partial charge in [0.15, 0.2) is 0 Å². The Balaban J connectivity index is 2.36. The van der Waals surface area contributed by atoms with E-state index in [1.807, 2.05) is 6.92 Å². The molecule has 1 saturated heterocycles. The number of aliphatic carboxylic acids is 1. The highest BCUT2D eigenvalue weighted by atomic mass is 16.4. The van der Waals surface area contributed by atoms with Gasteiger partial charge in [0, 0.05) is 25.9 Å². The van der Waals surface area contributed by atoms with Crippen LogP contribution in [0.15, 0.2) is 0 Å². The molecule has 0 aliphatic carbocycles. The van der Waals surface area contributed by atoms with Crippen LogP contribution in [-0.2, 0) is 14.4 Å². The first kappa shape index (κ1) is 14.5. The molecule has 0 aromatic heterocycles. The van der Waals surface area contributed by atoms with E-state index in [2.05, 4.69) is 5.32 Å². The molecule has 0 aromatic rings. The number of rotatable bonds is 6. The van der Waals surface area contributed by atoms with Crippen molar-refractivity contribution >= 4 is 17.8 Å². The predicted molar refractivity (Wildman–Crippen MR) is 64.9 cm³/mol. The molecule has 1 fully saturated rings. The summed E-state index contributed by atoms with van der Waals surface area (Å²) in [4.78, 5) is 35.5. The van der Waals surface area contributed by atoms with Crippen LogP contribution in [0.25, 0.3) is 0 Å². The van der Waals surface area contributed by atoms with E-state index in [4.69, 9.17) is 5.11 Å². The van der Waals surface area contributed by atoms with Crippen LogP contribution >= 0.6 is 0 Å². The van der Waals surface area contributed by atoms with Crippen molar-refractivity contribution < 1.29 is 19.5 Å². The molecule has 1 unspecified atom stereocenters. The standard InChI is InChI=1S/C12H20N2O4/c1-2-7-13-10(15)5-6-11(16)14-8-3-4-9(14)12(17)18/h9H,2-8H2,1H3,(H,13,15)(H,17,18). The van der Waals surface area contributed by atoms with Gasteiger partial charge in [0.25, 0.3) is 0 Å². The average molecular weight is 256 g/mol. The van der Waals surface area contributed by atoms with Crippen LogP contribution < -0.4 is 5.32 Å². The molecule has 0 aromatic carbocycles. The third kappa shape index (κ3) is 4.01. The normalized spacial score (nSPS) is 18.7. The van der Waals surface area contributed by atoms with Gasteiger partial charge in [-0.25, -0.2) is 4.79 Å². The summed E-state index contributed by atoms with van der Waals surface area (Å²) in [7, 11) is 0. The SMILES string of the molecule is CCCNC(=O)CCC(=O)N1CCCC1C(=O)O. The summed E-state index contributed by atoms with van der Waals surface area (Å²) in [5.41, 5.74) is 0. The molecule has 0 radical (unpaired) electrons. The molecule has 1 rings (SSSR count).